The van der Waals surface area contributed by atoms with Gasteiger partial charge < -0.3 is 9.64 Å². The Morgan fingerprint density at radius 2 is 1.85 bits per heavy atom. The Labute approximate surface area is 195 Å². The summed E-state index contributed by atoms with van der Waals surface area (Å²) in [6.07, 6.45) is 5.08. The molecule has 33 heavy (non-hydrogen) atoms. The lowest BCUT2D eigenvalue weighted by atomic mass is 9.88. The molecule has 0 bridgehead atoms. The van der Waals surface area contributed by atoms with Crippen LogP contribution in [-0.4, -0.2) is 60.3 Å². The van der Waals surface area contributed by atoms with Crippen molar-refractivity contribution in [3.8, 4) is 5.75 Å². The molecular weight excluding hydrogens is 414 g/mol. The second kappa shape index (κ2) is 10.1. The third kappa shape index (κ3) is 5.21. The fraction of sp³-hybridized carbons (Fsp3) is 0.407. The minimum Gasteiger partial charge on any atom is -0.489 e. The molecule has 6 nitrogen and oxygen atoms in total. The molecule has 0 aromatic heterocycles. The smallest absolute Gasteiger partial charge is 0.254 e. The van der Waals surface area contributed by atoms with Crippen LogP contribution in [0, 0.1) is 0 Å². The first kappa shape index (κ1) is 22.9. The minimum atomic E-state index is -0.120. The van der Waals surface area contributed by atoms with Crippen molar-refractivity contribution in [3.63, 3.8) is 0 Å². The van der Waals surface area contributed by atoms with Crippen molar-refractivity contribution in [1.82, 2.24) is 4.90 Å². The highest BCUT2D eigenvalue weighted by molar-refractivity contribution is 6.16. The van der Waals surface area contributed by atoms with Gasteiger partial charge in [-0.1, -0.05) is 30.3 Å². The van der Waals surface area contributed by atoms with Crippen LogP contribution in [-0.2, 0) is 0 Å². The molecular formula is C27H31N3O3. The van der Waals surface area contributed by atoms with Gasteiger partial charge in [0.25, 0.3) is 5.91 Å². The van der Waals surface area contributed by atoms with Crippen molar-refractivity contribution in [2.45, 2.75) is 57.7 Å². The zero-order valence-electron chi connectivity index (χ0n) is 19.5. The lowest BCUT2D eigenvalue weighted by Gasteiger charge is -2.38. The summed E-state index contributed by atoms with van der Waals surface area (Å²) in [4.78, 5) is 36.4. The molecule has 2 aromatic carbocycles. The highest BCUT2D eigenvalue weighted by Gasteiger charge is 2.33. The highest BCUT2D eigenvalue weighted by Crippen LogP contribution is 2.30. The molecule has 6 heteroatoms. The Bertz CT molecular complexity index is 1080. The molecule has 0 aliphatic carbocycles. The number of likely N-dealkylation sites (tertiary alicyclic amines) is 1. The molecule has 1 saturated heterocycles. The first-order chi connectivity index (χ1) is 15.9. The summed E-state index contributed by atoms with van der Waals surface area (Å²) in [6, 6.07) is 15.3. The molecule has 1 fully saturated rings. The van der Waals surface area contributed by atoms with Gasteiger partial charge in [0.2, 0.25) is 0 Å². The van der Waals surface area contributed by atoms with Gasteiger partial charge >= 0.3 is 0 Å². The van der Waals surface area contributed by atoms with E-state index in [1.807, 2.05) is 41.3 Å². The van der Waals surface area contributed by atoms with Gasteiger partial charge in [-0.15, -0.1) is 0 Å². The predicted octanol–water partition coefficient (Wildman–Crippen LogP) is 4.59. The summed E-state index contributed by atoms with van der Waals surface area (Å²) in [7, 11) is 0. The van der Waals surface area contributed by atoms with E-state index in [0.29, 0.717) is 30.0 Å². The van der Waals surface area contributed by atoms with E-state index in [0.717, 1.165) is 18.4 Å². The molecule has 0 spiro atoms. The second-order valence-electron chi connectivity index (χ2n) is 8.95. The number of aliphatic imine (C=N–C) groups is 2. The normalized spacial score (nSPS) is 24.9. The van der Waals surface area contributed by atoms with E-state index in [1.165, 1.54) is 0 Å². The fourth-order valence-corrected chi connectivity index (χ4v) is 4.61. The zero-order valence-corrected chi connectivity index (χ0v) is 19.5. The van der Waals surface area contributed by atoms with Crippen LogP contribution >= 0.6 is 0 Å². The Kier molecular flexibility index (Phi) is 7.02. The summed E-state index contributed by atoms with van der Waals surface area (Å²) in [5.41, 5.74) is 2.34. The van der Waals surface area contributed by atoms with Gasteiger partial charge in [-0.05, 0) is 57.4 Å². The van der Waals surface area contributed by atoms with Gasteiger partial charge in [-0.3, -0.25) is 19.6 Å². The predicted molar refractivity (Wildman–Crippen MR) is 131 cm³/mol. The van der Waals surface area contributed by atoms with Crippen molar-refractivity contribution in [2.24, 2.45) is 9.98 Å². The van der Waals surface area contributed by atoms with Gasteiger partial charge in [0.05, 0.1) is 12.6 Å². The SMILES string of the molecule is CC(=O)c1cccc(OC2CCC(C)N(C(=O)c3ccccc3C3CN=CC=NC3C)C2)c1. The van der Waals surface area contributed by atoms with Crippen LogP contribution in [0.1, 0.15) is 65.8 Å². The maximum absolute atomic E-state index is 13.8. The third-order valence-electron chi connectivity index (χ3n) is 6.61. The minimum absolute atomic E-state index is 0.00698. The molecule has 0 radical (unpaired) electrons. The standard InChI is InChI=1S/C27H31N3O3/c1-18-11-12-23(33-22-8-6-7-21(15-22)20(3)31)17-30(18)27(32)25-10-5-4-9-24(25)26-16-28-13-14-29-19(26)2/h4-10,13-15,18-19,23,26H,11-12,16-17H2,1-3H3. The molecule has 4 atom stereocenters. The van der Waals surface area contributed by atoms with E-state index >= 15 is 0 Å². The van der Waals surface area contributed by atoms with Crippen molar-refractivity contribution in [3.05, 3.63) is 65.2 Å². The van der Waals surface area contributed by atoms with Gasteiger partial charge in [-0.2, -0.15) is 0 Å². The molecule has 2 aliphatic rings. The third-order valence-corrected chi connectivity index (χ3v) is 6.61. The number of piperidine rings is 1. The number of carbonyl (C=O) groups is 2. The highest BCUT2D eigenvalue weighted by atomic mass is 16.5. The van der Waals surface area contributed by atoms with E-state index < -0.39 is 0 Å². The molecule has 0 saturated carbocycles. The fourth-order valence-electron chi connectivity index (χ4n) is 4.61. The first-order valence-corrected chi connectivity index (χ1v) is 11.6. The maximum Gasteiger partial charge on any atom is 0.254 e. The number of amides is 1. The van der Waals surface area contributed by atoms with Crippen molar-refractivity contribution in [1.29, 1.82) is 0 Å². The molecule has 1 amide bonds. The largest absolute Gasteiger partial charge is 0.489 e. The first-order valence-electron chi connectivity index (χ1n) is 11.6. The van der Waals surface area contributed by atoms with Gasteiger partial charge in [0, 0.05) is 42.1 Å². The van der Waals surface area contributed by atoms with Crippen LogP contribution in [0.4, 0.5) is 0 Å². The van der Waals surface area contributed by atoms with Crippen LogP contribution in [0.5, 0.6) is 5.75 Å². The van der Waals surface area contributed by atoms with Crippen LogP contribution in [0.25, 0.3) is 0 Å². The zero-order chi connectivity index (χ0) is 23.4. The molecule has 0 N–H and O–H groups in total. The van der Waals surface area contributed by atoms with Gasteiger partial charge in [0.15, 0.2) is 5.78 Å². The summed E-state index contributed by atoms with van der Waals surface area (Å²) in [5.74, 6) is 0.750. The van der Waals surface area contributed by atoms with Gasteiger partial charge in [0.1, 0.15) is 11.9 Å². The Morgan fingerprint density at radius 3 is 2.67 bits per heavy atom. The van der Waals surface area contributed by atoms with Crippen molar-refractivity contribution in [2.75, 3.05) is 13.1 Å². The van der Waals surface area contributed by atoms with E-state index in [9.17, 15) is 9.59 Å². The van der Waals surface area contributed by atoms with E-state index in [4.69, 9.17) is 4.74 Å². The molecule has 4 unspecified atom stereocenters. The van der Waals surface area contributed by atoms with Crippen molar-refractivity contribution >= 4 is 24.1 Å². The number of hydrogen-bond acceptors (Lipinski definition) is 5. The molecule has 2 heterocycles. The summed E-state index contributed by atoms with van der Waals surface area (Å²) in [6.45, 7) is 6.83. The van der Waals surface area contributed by atoms with Crippen LogP contribution in [0.3, 0.4) is 0 Å². The second-order valence-corrected chi connectivity index (χ2v) is 8.95. The van der Waals surface area contributed by atoms with E-state index in [1.54, 1.807) is 31.5 Å². The van der Waals surface area contributed by atoms with Crippen molar-refractivity contribution < 1.29 is 14.3 Å². The van der Waals surface area contributed by atoms with E-state index in [-0.39, 0.29) is 35.8 Å². The lowest BCUT2D eigenvalue weighted by molar-refractivity contribution is 0.0383. The van der Waals surface area contributed by atoms with Gasteiger partial charge in [-0.25, -0.2) is 0 Å². The van der Waals surface area contributed by atoms with Crippen LogP contribution < -0.4 is 4.74 Å². The number of hydrogen-bond donors (Lipinski definition) is 0. The number of ketones is 1. The monoisotopic (exact) mass is 445 g/mol. The molecule has 172 valence electrons. The Hall–Kier alpha value is -3.28. The average molecular weight is 446 g/mol. The number of rotatable bonds is 5. The molecule has 2 aliphatic heterocycles. The summed E-state index contributed by atoms with van der Waals surface area (Å²) in [5, 5.41) is 0. The van der Waals surface area contributed by atoms with E-state index in [2.05, 4.69) is 23.8 Å². The average Bonchev–Trinajstić information content (AvgIpc) is 3.04. The van der Waals surface area contributed by atoms with Crippen LogP contribution in [0.15, 0.2) is 58.5 Å². The topological polar surface area (TPSA) is 71.3 Å². The molecule has 4 rings (SSSR count). The number of benzene rings is 2. The Morgan fingerprint density at radius 1 is 1.03 bits per heavy atom. The maximum atomic E-state index is 13.8. The lowest BCUT2D eigenvalue weighted by Crippen LogP contribution is -2.49. The molecule has 2 aromatic rings. The number of nitrogens with zero attached hydrogens (tertiary/aromatic N) is 3. The number of carbonyl (C=O) groups excluding carboxylic acids is 2. The Balaban J connectivity index is 1.54. The quantitative estimate of drug-likeness (QED) is 0.632. The summed E-state index contributed by atoms with van der Waals surface area (Å²) >= 11 is 0. The number of Topliss-reactive ketones (excluding diaryl/α,β-unsaturated/α-hetero) is 1. The summed E-state index contributed by atoms with van der Waals surface area (Å²) < 4.78 is 6.21. The van der Waals surface area contributed by atoms with Crippen LogP contribution in [0.2, 0.25) is 0 Å². The number of ether oxygens (including phenoxy) is 1.